The fourth-order valence-electron chi connectivity index (χ4n) is 3.27. The van der Waals surface area contributed by atoms with E-state index in [4.69, 9.17) is 0 Å². The van der Waals surface area contributed by atoms with Gasteiger partial charge in [-0.3, -0.25) is 4.79 Å². The van der Waals surface area contributed by atoms with Crippen molar-refractivity contribution < 1.29 is 4.79 Å². The highest BCUT2D eigenvalue weighted by Gasteiger charge is 2.17. The zero-order valence-electron chi connectivity index (χ0n) is 16.6. The minimum absolute atomic E-state index is 0.148. The van der Waals surface area contributed by atoms with Crippen LogP contribution in [0.2, 0.25) is 0 Å². The molecule has 0 saturated heterocycles. The smallest absolute Gasteiger partial charge is 0.252 e. The molecule has 0 aliphatic rings. The average molecular weight is 407 g/mol. The number of carbonyl (C=O) groups is 1. The maximum absolute atomic E-state index is 13.0. The molecule has 0 aromatic carbocycles. The molecule has 1 N–H and O–H groups in total. The van der Waals surface area contributed by atoms with Crippen LogP contribution in [0.4, 0.5) is 5.82 Å². The van der Waals surface area contributed by atoms with Crippen LogP contribution >= 0.6 is 11.3 Å². The van der Waals surface area contributed by atoms with Gasteiger partial charge in [-0.05, 0) is 30.5 Å². The van der Waals surface area contributed by atoms with E-state index >= 15 is 0 Å². The van der Waals surface area contributed by atoms with Crippen LogP contribution in [-0.4, -0.2) is 39.8 Å². The van der Waals surface area contributed by atoms with Gasteiger partial charge in [0.25, 0.3) is 5.91 Å². The predicted octanol–water partition coefficient (Wildman–Crippen LogP) is 3.24. The predicted molar refractivity (Wildman–Crippen MR) is 115 cm³/mol. The van der Waals surface area contributed by atoms with E-state index in [-0.39, 0.29) is 5.91 Å². The van der Waals surface area contributed by atoms with Crippen LogP contribution in [-0.2, 0) is 13.1 Å². The van der Waals surface area contributed by atoms with Gasteiger partial charge in [-0.25, -0.2) is 14.6 Å². The number of nitrogens with zero attached hydrogens (tertiary/aromatic N) is 5. The molecule has 1 amide bonds. The number of anilines is 1. The van der Waals surface area contributed by atoms with Crippen LogP contribution in [0.25, 0.3) is 11.0 Å². The van der Waals surface area contributed by atoms with Crippen LogP contribution < -0.4 is 10.2 Å². The third kappa shape index (κ3) is 3.97. The Morgan fingerprint density at radius 1 is 1.28 bits per heavy atom. The minimum atomic E-state index is -0.148. The van der Waals surface area contributed by atoms with Crippen molar-refractivity contribution in [1.82, 2.24) is 25.1 Å². The van der Waals surface area contributed by atoms with E-state index in [0.29, 0.717) is 18.7 Å². The summed E-state index contributed by atoms with van der Waals surface area (Å²) >= 11 is 1.68. The molecular formula is C21H22N6OS. The Bertz CT molecular complexity index is 1150. The van der Waals surface area contributed by atoms with Crippen molar-refractivity contribution in [3.8, 4) is 0 Å². The molecule has 0 fully saturated rings. The van der Waals surface area contributed by atoms with Crippen LogP contribution in [0.5, 0.6) is 0 Å². The lowest BCUT2D eigenvalue weighted by atomic mass is 10.1. The molecule has 4 heterocycles. The first kappa shape index (κ1) is 19.1. The molecular weight excluding hydrogens is 384 g/mol. The average Bonchev–Trinajstić information content (AvgIpc) is 3.36. The summed E-state index contributed by atoms with van der Waals surface area (Å²) in [6.07, 6.45) is 3.47. The largest absolute Gasteiger partial charge is 0.362 e. The van der Waals surface area contributed by atoms with Crippen molar-refractivity contribution in [2.75, 3.05) is 19.0 Å². The third-order valence-electron chi connectivity index (χ3n) is 4.60. The monoisotopic (exact) mass is 406 g/mol. The number of carbonyl (C=O) groups excluding carboxylic acids is 1. The van der Waals surface area contributed by atoms with Gasteiger partial charge in [-0.2, -0.15) is 5.10 Å². The molecule has 0 spiro atoms. The lowest BCUT2D eigenvalue weighted by Gasteiger charge is -2.16. The van der Waals surface area contributed by atoms with Crippen molar-refractivity contribution in [3.05, 3.63) is 69.8 Å². The second-order valence-electron chi connectivity index (χ2n) is 6.99. The van der Waals surface area contributed by atoms with E-state index in [9.17, 15) is 4.79 Å². The highest BCUT2D eigenvalue weighted by Crippen LogP contribution is 2.21. The number of aromatic nitrogens is 4. The number of fused-ring (bicyclic) bond motifs is 1. The lowest BCUT2D eigenvalue weighted by molar-refractivity contribution is 0.0952. The van der Waals surface area contributed by atoms with Gasteiger partial charge in [-0.1, -0.05) is 12.1 Å². The van der Waals surface area contributed by atoms with Gasteiger partial charge in [-0.15, -0.1) is 11.3 Å². The van der Waals surface area contributed by atoms with Crippen molar-refractivity contribution in [1.29, 1.82) is 0 Å². The lowest BCUT2D eigenvalue weighted by Crippen LogP contribution is -2.25. The molecule has 8 heteroatoms. The topological polar surface area (TPSA) is 75.9 Å². The second kappa shape index (κ2) is 8.00. The van der Waals surface area contributed by atoms with E-state index < -0.39 is 0 Å². The molecule has 0 saturated carbocycles. The van der Waals surface area contributed by atoms with Crippen LogP contribution in [0.1, 0.15) is 26.5 Å². The number of hydrogen-bond donors (Lipinski definition) is 1. The maximum atomic E-state index is 13.0. The number of rotatable bonds is 6. The summed E-state index contributed by atoms with van der Waals surface area (Å²) in [7, 11) is 3.87. The van der Waals surface area contributed by atoms with Crippen LogP contribution in [0, 0.1) is 6.92 Å². The number of amides is 1. The Balaban J connectivity index is 1.60. The van der Waals surface area contributed by atoms with E-state index in [1.54, 1.807) is 23.7 Å². The van der Waals surface area contributed by atoms with E-state index in [2.05, 4.69) is 26.4 Å². The standard InChI is InChI=1S/C21H22N6OS/c1-14-10-17(21(28)23-11-15-6-4-8-22-19(15)26(2)3)18-12-24-27(20(18)25-14)13-16-7-5-9-29-16/h4-10,12H,11,13H2,1-3H3,(H,23,28). The van der Waals surface area contributed by atoms with Gasteiger partial charge in [0.05, 0.1) is 23.7 Å². The highest BCUT2D eigenvalue weighted by atomic mass is 32.1. The Morgan fingerprint density at radius 3 is 2.90 bits per heavy atom. The van der Waals surface area contributed by atoms with Crippen LogP contribution in [0.15, 0.2) is 48.1 Å². The van der Waals surface area contributed by atoms with E-state index in [1.807, 2.05) is 60.2 Å². The van der Waals surface area contributed by atoms with Gasteiger partial charge < -0.3 is 10.2 Å². The van der Waals surface area contributed by atoms with Gasteiger partial charge in [0, 0.05) is 43.0 Å². The maximum Gasteiger partial charge on any atom is 0.252 e. The second-order valence-corrected chi connectivity index (χ2v) is 8.03. The summed E-state index contributed by atoms with van der Waals surface area (Å²) in [5.74, 6) is 0.692. The summed E-state index contributed by atoms with van der Waals surface area (Å²) in [4.78, 5) is 25.1. The summed E-state index contributed by atoms with van der Waals surface area (Å²) in [6.45, 7) is 2.93. The molecule has 7 nitrogen and oxygen atoms in total. The van der Waals surface area contributed by atoms with E-state index in [1.165, 1.54) is 4.88 Å². The van der Waals surface area contributed by atoms with Gasteiger partial charge >= 0.3 is 0 Å². The Labute approximate surface area is 173 Å². The fourth-order valence-corrected chi connectivity index (χ4v) is 3.95. The number of thiophene rings is 1. The molecule has 0 unspecified atom stereocenters. The number of hydrogen-bond acceptors (Lipinski definition) is 6. The molecule has 0 bridgehead atoms. The van der Waals surface area contributed by atoms with Crippen molar-refractivity contribution in [3.63, 3.8) is 0 Å². The van der Waals surface area contributed by atoms with Gasteiger partial charge in [0.1, 0.15) is 5.82 Å². The molecule has 148 valence electrons. The molecule has 0 atom stereocenters. The highest BCUT2D eigenvalue weighted by molar-refractivity contribution is 7.09. The number of aryl methyl sites for hydroxylation is 1. The van der Waals surface area contributed by atoms with Gasteiger partial charge in [0.15, 0.2) is 5.65 Å². The first-order valence-corrected chi connectivity index (χ1v) is 10.2. The first-order chi connectivity index (χ1) is 14.0. The minimum Gasteiger partial charge on any atom is -0.362 e. The molecule has 4 rings (SSSR count). The van der Waals surface area contributed by atoms with E-state index in [0.717, 1.165) is 28.1 Å². The fraction of sp³-hybridized carbons (Fsp3) is 0.238. The SMILES string of the molecule is Cc1cc(C(=O)NCc2cccnc2N(C)C)c2cnn(Cc3cccs3)c2n1. The Morgan fingerprint density at radius 2 is 2.14 bits per heavy atom. The molecule has 29 heavy (non-hydrogen) atoms. The zero-order chi connectivity index (χ0) is 20.4. The van der Waals surface area contributed by atoms with Gasteiger partial charge in [0.2, 0.25) is 0 Å². The molecule has 0 aliphatic carbocycles. The molecule has 0 radical (unpaired) electrons. The Hall–Kier alpha value is -3.26. The normalized spacial score (nSPS) is 11.0. The summed E-state index contributed by atoms with van der Waals surface area (Å²) in [5.41, 5.74) is 3.05. The van der Waals surface area contributed by atoms with Crippen molar-refractivity contribution in [2.24, 2.45) is 0 Å². The van der Waals surface area contributed by atoms with Crippen LogP contribution in [0.3, 0.4) is 0 Å². The summed E-state index contributed by atoms with van der Waals surface area (Å²) in [6, 6.07) is 9.74. The number of pyridine rings is 2. The van der Waals surface area contributed by atoms with Crippen molar-refractivity contribution in [2.45, 2.75) is 20.0 Å². The summed E-state index contributed by atoms with van der Waals surface area (Å²) in [5, 5.41) is 10.3. The quantitative estimate of drug-likeness (QED) is 0.532. The third-order valence-corrected chi connectivity index (χ3v) is 5.46. The van der Waals surface area contributed by atoms with Crippen molar-refractivity contribution >= 4 is 34.1 Å². The number of nitrogens with one attached hydrogen (secondary N) is 1. The molecule has 4 aromatic rings. The Kier molecular flexibility index (Phi) is 5.26. The molecule has 0 aliphatic heterocycles. The molecule has 4 aromatic heterocycles. The zero-order valence-corrected chi connectivity index (χ0v) is 17.4. The summed E-state index contributed by atoms with van der Waals surface area (Å²) < 4.78 is 1.84. The first-order valence-electron chi connectivity index (χ1n) is 9.28.